The van der Waals surface area contributed by atoms with Crippen LogP contribution in [0.2, 0.25) is 0 Å². The van der Waals surface area contributed by atoms with Crippen LogP contribution < -0.4 is 5.32 Å². The highest BCUT2D eigenvalue weighted by atomic mass is 19.1. The lowest BCUT2D eigenvalue weighted by Crippen LogP contribution is -2.38. The van der Waals surface area contributed by atoms with Crippen molar-refractivity contribution in [3.63, 3.8) is 0 Å². The predicted molar refractivity (Wildman–Crippen MR) is 67.0 cm³/mol. The highest BCUT2D eigenvalue weighted by Gasteiger charge is 2.15. The second kappa shape index (κ2) is 5.44. The van der Waals surface area contributed by atoms with E-state index in [2.05, 4.69) is 26.1 Å². The van der Waals surface area contributed by atoms with E-state index >= 15 is 0 Å². The molecule has 0 spiro atoms. The highest BCUT2D eigenvalue weighted by molar-refractivity contribution is 5.23. The molecule has 2 heteroatoms. The minimum atomic E-state index is -0.128. The first-order chi connectivity index (χ1) is 7.44. The van der Waals surface area contributed by atoms with Crippen LogP contribution in [0.15, 0.2) is 18.2 Å². The van der Waals surface area contributed by atoms with Gasteiger partial charge in [0.05, 0.1) is 0 Å². The van der Waals surface area contributed by atoms with Gasteiger partial charge in [0, 0.05) is 12.1 Å². The number of nitrogens with one attached hydrogen (secondary N) is 1. The summed E-state index contributed by atoms with van der Waals surface area (Å²) in [6, 6.07) is 5.29. The lowest BCUT2D eigenvalue weighted by Gasteiger charge is -2.26. The molecule has 0 aliphatic carbocycles. The van der Waals surface area contributed by atoms with Crippen molar-refractivity contribution in [3.8, 4) is 0 Å². The molecule has 90 valence electrons. The molecular weight excluding hydrogens is 201 g/mol. The zero-order valence-electron chi connectivity index (χ0n) is 10.7. The molecule has 1 aromatic carbocycles. The van der Waals surface area contributed by atoms with E-state index in [9.17, 15) is 4.39 Å². The number of hydrogen-bond acceptors (Lipinski definition) is 1. The largest absolute Gasteiger partial charge is 0.308 e. The monoisotopic (exact) mass is 223 g/mol. The normalized spacial score (nSPS) is 11.8. The van der Waals surface area contributed by atoms with Gasteiger partial charge in [0.15, 0.2) is 0 Å². The zero-order chi connectivity index (χ0) is 12.2. The van der Waals surface area contributed by atoms with Gasteiger partial charge in [-0.3, -0.25) is 0 Å². The van der Waals surface area contributed by atoms with Crippen molar-refractivity contribution in [2.24, 2.45) is 0 Å². The second-order valence-corrected chi connectivity index (χ2v) is 5.07. The summed E-state index contributed by atoms with van der Waals surface area (Å²) in [5, 5.41) is 3.50. The molecule has 1 nitrogen and oxygen atoms in total. The molecule has 0 aromatic heterocycles. The van der Waals surface area contributed by atoms with Crippen LogP contribution in [0.25, 0.3) is 0 Å². The Morgan fingerprint density at radius 3 is 2.56 bits per heavy atom. The van der Waals surface area contributed by atoms with E-state index in [0.717, 1.165) is 18.5 Å². The van der Waals surface area contributed by atoms with Gasteiger partial charge in [-0.25, -0.2) is 4.39 Å². The molecular formula is C14H22FN. The molecule has 0 saturated carbocycles. The van der Waals surface area contributed by atoms with Crippen LogP contribution in [0.1, 0.15) is 44.7 Å². The summed E-state index contributed by atoms with van der Waals surface area (Å²) >= 11 is 0. The standard InChI is InChI=1S/C14H22FN/c1-5-8-14(3,4)16-10-12-6-7-13(15)11(2)9-12/h6-7,9,16H,5,8,10H2,1-4H3. The minimum Gasteiger partial charge on any atom is -0.308 e. The van der Waals surface area contributed by atoms with Crippen molar-refractivity contribution in [2.75, 3.05) is 0 Å². The fourth-order valence-corrected chi connectivity index (χ4v) is 1.87. The number of halogens is 1. The molecule has 1 N–H and O–H groups in total. The van der Waals surface area contributed by atoms with Gasteiger partial charge in [-0.15, -0.1) is 0 Å². The van der Waals surface area contributed by atoms with Gasteiger partial charge in [-0.05, 0) is 44.4 Å². The molecule has 0 fully saturated rings. The van der Waals surface area contributed by atoms with Gasteiger partial charge in [-0.2, -0.15) is 0 Å². The van der Waals surface area contributed by atoms with E-state index in [0.29, 0.717) is 5.56 Å². The molecule has 0 heterocycles. The summed E-state index contributed by atoms with van der Waals surface area (Å²) in [4.78, 5) is 0. The Labute approximate surface area is 98.1 Å². The van der Waals surface area contributed by atoms with Crippen molar-refractivity contribution in [3.05, 3.63) is 35.1 Å². The third kappa shape index (κ3) is 3.93. The average Bonchev–Trinajstić information content (AvgIpc) is 2.20. The fourth-order valence-electron chi connectivity index (χ4n) is 1.87. The molecule has 0 saturated heterocycles. The lowest BCUT2D eigenvalue weighted by atomic mass is 9.98. The Morgan fingerprint density at radius 2 is 2.00 bits per heavy atom. The summed E-state index contributed by atoms with van der Waals surface area (Å²) < 4.78 is 13.1. The molecule has 0 aliphatic heterocycles. The van der Waals surface area contributed by atoms with Crippen molar-refractivity contribution in [1.82, 2.24) is 5.32 Å². The summed E-state index contributed by atoms with van der Waals surface area (Å²) in [5.74, 6) is -0.128. The molecule has 1 rings (SSSR count). The summed E-state index contributed by atoms with van der Waals surface area (Å²) in [7, 11) is 0. The Kier molecular flexibility index (Phi) is 4.48. The first-order valence-electron chi connectivity index (χ1n) is 5.94. The highest BCUT2D eigenvalue weighted by Crippen LogP contribution is 2.14. The third-order valence-corrected chi connectivity index (χ3v) is 2.87. The molecule has 16 heavy (non-hydrogen) atoms. The number of benzene rings is 1. The van der Waals surface area contributed by atoms with E-state index in [-0.39, 0.29) is 11.4 Å². The van der Waals surface area contributed by atoms with E-state index in [1.807, 2.05) is 12.1 Å². The molecule has 0 amide bonds. The topological polar surface area (TPSA) is 12.0 Å². The van der Waals surface area contributed by atoms with Crippen molar-refractivity contribution in [2.45, 2.75) is 52.6 Å². The first-order valence-corrected chi connectivity index (χ1v) is 5.94. The fraction of sp³-hybridized carbons (Fsp3) is 0.571. The SMILES string of the molecule is CCCC(C)(C)NCc1ccc(F)c(C)c1. The first kappa shape index (κ1) is 13.2. The second-order valence-electron chi connectivity index (χ2n) is 5.07. The van der Waals surface area contributed by atoms with E-state index in [1.165, 1.54) is 6.42 Å². The molecule has 0 unspecified atom stereocenters. The number of aryl methyl sites for hydroxylation is 1. The molecule has 0 bridgehead atoms. The van der Waals surface area contributed by atoms with Crippen LogP contribution in [0.5, 0.6) is 0 Å². The van der Waals surface area contributed by atoms with Crippen LogP contribution >= 0.6 is 0 Å². The average molecular weight is 223 g/mol. The van der Waals surface area contributed by atoms with Crippen molar-refractivity contribution < 1.29 is 4.39 Å². The minimum absolute atomic E-state index is 0.128. The van der Waals surface area contributed by atoms with Gasteiger partial charge < -0.3 is 5.32 Å². The van der Waals surface area contributed by atoms with Crippen LogP contribution in [0.3, 0.4) is 0 Å². The Balaban J connectivity index is 2.57. The zero-order valence-corrected chi connectivity index (χ0v) is 10.7. The van der Waals surface area contributed by atoms with Gasteiger partial charge >= 0.3 is 0 Å². The summed E-state index contributed by atoms with van der Waals surface area (Å²) in [6.07, 6.45) is 2.32. The predicted octanol–water partition coefficient (Wildman–Crippen LogP) is 3.80. The van der Waals surface area contributed by atoms with E-state index in [4.69, 9.17) is 0 Å². The Bertz CT molecular complexity index is 345. The van der Waals surface area contributed by atoms with Gasteiger partial charge in [0.1, 0.15) is 5.82 Å². The maximum absolute atomic E-state index is 13.1. The van der Waals surface area contributed by atoms with Crippen LogP contribution in [-0.4, -0.2) is 5.54 Å². The maximum Gasteiger partial charge on any atom is 0.126 e. The summed E-state index contributed by atoms with van der Waals surface area (Å²) in [6.45, 7) is 9.19. The number of hydrogen-bond donors (Lipinski definition) is 1. The van der Waals surface area contributed by atoms with Crippen LogP contribution in [-0.2, 0) is 6.54 Å². The van der Waals surface area contributed by atoms with Crippen molar-refractivity contribution >= 4 is 0 Å². The Hall–Kier alpha value is -0.890. The van der Waals surface area contributed by atoms with Gasteiger partial charge in [0.2, 0.25) is 0 Å². The van der Waals surface area contributed by atoms with Crippen molar-refractivity contribution in [1.29, 1.82) is 0 Å². The quantitative estimate of drug-likeness (QED) is 0.800. The van der Waals surface area contributed by atoms with Gasteiger partial charge in [-0.1, -0.05) is 25.5 Å². The third-order valence-electron chi connectivity index (χ3n) is 2.87. The summed E-state index contributed by atoms with van der Waals surface area (Å²) in [5.41, 5.74) is 2.01. The molecule has 0 radical (unpaired) electrons. The molecule has 1 aromatic rings. The molecule has 0 atom stereocenters. The van der Waals surface area contributed by atoms with E-state index in [1.54, 1.807) is 13.0 Å². The molecule has 0 aliphatic rings. The van der Waals surface area contributed by atoms with Crippen LogP contribution in [0.4, 0.5) is 4.39 Å². The lowest BCUT2D eigenvalue weighted by molar-refractivity contribution is 0.357. The maximum atomic E-state index is 13.1. The smallest absolute Gasteiger partial charge is 0.126 e. The Morgan fingerprint density at radius 1 is 1.31 bits per heavy atom. The van der Waals surface area contributed by atoms with E-state index < -0.39 is 0 Å². The van der Waals surface area contributed by atoms with Gasteiger partial charge in [0.25, 0.3) is 0 Å². The van der Waals surface area contributed by atoms with Crippen LogP contribution in [0, 0.1) is 12.7 Å². The number of rotatable bonds is 5.